The van der Waals surface area contributed by atoms with Gasteiger partial charge in [0.25, 0.3) is 12.0 Å². The normalized spacial score (nSPS) is 15.4. The molecular formula is C20H24F5N7O3. The molecule has 1 unspecified atom stereocenters. The lowest BCUT2D eigenvalue weighted by Crippen LogP contribution is -2.49. The Labute approximate surface area is 196 Å². The molecule has 2 aromatic heterocycles. The van der Waals surface area contributed by atoms with Crippen LogP contribution in [0.5, 0.6) is 0 Å². The fourth-order valence-corrected chi connectivity index (χ4v) is 3.44. The maximum atomic E-state index is 13.1. The van der Waals surface area contributed by atoms with E-state index in [0.717, 1.165) is 18.6 Å². The summed E-state index contributed by atoms with van der Waals surface area (Å²) < 4.78 is 69.9. The summed E-state index contributed by atoms with van der Waals surface area (Å²) >= 11 is 0. The van der Waals surface area contributed by atoms with Gasteiger partial charge in [0.15, 0.2) is 0 Å². The van der Waals surface area contributed by atoms with Gasteiger partial charge >= 0.3 is 6.18 Å². The Bertz CT molecular complexity index is 1040. The van der Waals surface area contributed by atoms with E-state index in [2.05, 4.69) is 20.4 Å². The topological polar surface area (TPSA) is 116 Å². The number of piperazine rings is 1. The molecule has 3 rings (SSSR count). The van der Waals surface area contributed by atoms with Crippen LogP contribution in [0.15, 0.2) is 23.4 Å². The van der Waals surface area contributed by atoms with Crippen molar-refractivity contribution < 1.29 is 31.5 Å². The van der Waals surface area contributed by atoms with Gasteiger partial charge < -0.3 is 19.9 Å². The zero-order valence-corrected chi connectivity index (χ0v) is 18.7. The van der Waals surface area contributed by atoms with Crippen LogP contribution in [0, 0.1) is 0 Å². The van der Waals surface area contributed by atoms with Gasteiger partial charge in [0.05, 0.1) is 37.1 Å². The summed E-state index contributed by atoms with van der Waals surface area (Å²) in [6, 6.07) is -0.588. The highest BCUT2D eigenvalue weighted by atomic mass is 19.4. The molecule has 0 bridgehead atoms. The average molecular weight is 505 g/mol. The van der Waals surface area contributed by atoms with Crippen molar-refractivity contribution in [2.45, 2.75) is 32.0 Å². The molecule has 1 fully saturated rings. The van der Waals surface area contributed by atoms with Crippen molar-refractivity contribution >= 4 is 17.5 Å². The predicted octanol–water partition coefficient (Wildman–Crippen LogP) is 2.07. The standard InChI is InChI=1S/C20H24F5N7O3/c1-12(29-14-10-28-30-18(34)16(14)20(23,24)25)11-35-7-2-15(33)31-3-5-32(6-4-31)19-26-8-13(9-27-19)17(21)22/h8-10,12,17H,2-7,11H2,1H3,(H2,29,30,34). The summed E-state index contributed by atoms with van der Waals surface area (Å²) in [5.74, 6) is 0.160. The van der Waals surface area contributed by atoms with Crippen molar-refractivity contribution in [3.05, 3.63) is 40.1 Å². The summed E-state index contributed by atoms with van der Waals surface area (Å²) in [5, 5.41) is 7.70. The van der Waals surface area contributed by atoms with E-state index < -0.39 is 35.5 Å². The number of anilines is 2. The van der Waals surface area contributed by atoms with Crippen LogP contribution in [0.4, 0.5) is 33.6 Å². The number of nitrogens with one attached hydrogen (secondary N) is 2. The number of carbonyl (C=O) groups is 1. The van der Waals surface area contributed by atoms with Crippen LogP contribution >= 0.6 is 0 Å². The fourth-order valence-electron chi connectivity index (χ4n) is 3.44. The lowest BCUT2D eigenvalue weighted by Gasteiger charge is -2.34. The van der Waals surface area contributed by atoms with E-state index >= 15 is 0 Å². The highest BCUT2D eigenvalue weighted by Gasteiger charge is 2.37. The van der Waals surface area contributed by atoms with Crippen molar-refractivity contribution in [1.82, 2.24) is 25.1 Å². The molecule has 1 aliphatic heterocycles. The number of alkyl halides is 5. The maximum absolute atomic E-state index is 13.1. The smallest absolute Gasteiger partial charge is 0.379 e. The second kappa shape index (κ2) is 11.4. The molecule has 3 heterocycles. The van der Waals surface area contributed by atoms with Gasteiger partial charge in [0.2, 0.25) is 11.9 Å². The molecule has 1 amide bonds. The minimum atomic E-state index is -4.85. The molecule has 10 nitrogen and oxygen atoms in total. The SMILES string of the molecule is CC(COCCC(=O)N1CCN(c2ncc(C(F)F)cn2)CC1)Nc1cn[nH]c(=O)c1C(F)(F)F. The molecule has 1 saturated heterocycles. The van der Waals surface area contributed by atoms with E-state index in [4.69, 9.17) is 4.74 Å². The molecule has 0 aromatic carbocycles. The first-order valence-corrected chi connectivity index (χ1v) is 10.7. The van der Waals surface area contributed by atoms with E-state index in [1.807, 2.05) is 0 Å². The third-order valence-corrected chi connectivity index (χ3v) is 5.20. The van der Waals surface area contributed by atoms with Crippen molar-refractivity contribution in [1.29, 1.82) is 0 Å². The lowest BCUT2D eigenvalue weighted by molar-refractivity contribution is -0.138. The number of aromatic amines is 1. The zero-order chi connectivity index (χ0) is 25.6. The van der Waals surface area contributed by atoms with Gasteiger partial charge in [-0.25, -0.2) is 23.8 Å². The molecule has 0 aliphatic carbocycles. The number of nitrogens with zero attached hydrogens (tertiary/aromatic N) is 5. The predicted molar refractivity (Wildman–Crippen MR) is 114 cm³/mol. The van der Waals surface area contributed by atoms with Crippen LogP contribution in [0.2, 0.25) is 0 Å². The van der Waals surface area contributed by atoms with E-state index in [1.54, 1.807) is 21.8 Å². The van der Waals surface area contributed by atoms with Gasteiger partial charge in [-0.1, -0.05) is 0 Å². The van der Waals surface area contributed by atoms with Crippen molar-refractivity contribution in [3.63, 3.8) is 0 Å². The van der Waals surface area contributed by atoms with Crippen LogP contribution in [-0.2, 0) is 15.7 Å². The average Bonchev–Trinajstić information content (AvgIpc) is 2.81. The first kappa shape index (κ1) is 26.2. The first-order chi connectivity index (χ1) is 16.6. The Morgan fingerprint density at radius 2 is 1.83 bits per heavy atom. The van der Waals surface area contributed by atoms with E-state index in [0.29, 0.717) is 32.1 Å². The van der Waals surface area contributed by atoms with Gasteiger partial charge in [0.1, 0.15) is 5.56 Å². The monoisotopic (exact) mass is 505 g/mol. The maximum Gasteiger partial charge on any atom is 0.423 e. The molecule has 2 N–H and O–H groups in total. The number of halogens is 5. The molecule has 0 saturated carbocycles. The molecule has 15 heteroatoms. The molecular weight excluding hydrogens is 481 g/mol. The van der Waals surface area contributed by atoms with Gasteiger partial charge in [-0.2, -0.15) is 18.3 Å². The number of rotatable bonds is 9. The number of amides is 1. The molecule has 0 spiro atoms. The number of hydrogen-bond acceptors (Lipinski definition) is 8. The number of H-pyrrole nitrogens is 1. The third-order valence-electron chi connectivity index (χ3n) is 5.20. The highest BCUT2D eigenvalue weighted by molar-refractivity contribution is 5.76. The van der Waals surface area contributed by atoms with Crippen molar-refractivity contribution in [3.8, 4) is 0 Å². The number of ether oxygens (including phenoxy) is 1. The molecule has 192 valence electrons. The Hall–Kier alpha value is -3.36. The minimum Gasteiger partial charge on any atom is -0.379 e. The fraction of sp³-hybridized carbons (Fsp3) is 0.550. The van der Waals surface area contributed by atoms with E-state index in [1.165, 1.54) is 0 Å². The van der Waals surface area contributed by atoms with E-state index in [-0.39, 0.29) is 31.1 Å². The summed E-state index contributed by atoms with van der Waals surface area (Å²) in [4.78, 5) is 35.2. The number of carbonyl (C=O) groups excluding carboxylic acids is 1. The van der Waals surface area contributed by atoms with Crippen LogP contribution in [0.1, 0.15) is 30.9 Å². The Kier molecular flexibility index (Phi) is 8.53. The molecule has 0 radical (unpaired) electrons. The second-order valence-electron chi connectivity index (χ2n) is 7.84. The summed E-state index contributed by atoms with van der Waals surface area (Å²) in [5.41, 5.74) is -3.44. The summed E-state index contributed by atoms with van der Waals surface area (Å²) in [6.45, 7) is 3.29. The molecule has 1 aliphatic rings. The number of aromatic nitrogens is 4. The Morgan fingerprint density at radius 1 is 1.17 bits per heavy atom. The van der Waals surface area contributed by atoms with Gasteiger partial charge in [-0.05, 0) is 6.92 Å². The quantitative estimate of drug-likeness (QED) is 0.393. The van der Waals surface area contributed by atoms with Crippen LogP contribution < -0.4 is 15.8 Å². The summed E-state index contributed by atoms with van der Waals surface area (Å²) in [7, 11) is 0. The second-order valence-corrected chi connectivity index (χ2v) is 7.84. The molecule has 1 atom stereocenters. The van der Waals surface area contributed by atoms with E-state index in [9.17, 15) is 31.5 Å². The van der Waals surface area contributed by atoms with Gasteiger partial charge in [0, 0.05) is 44.6 Å². The largest absolute Gasteiger partial charge is 0.423 e. The molecule has 35 heavy (non-hydrogen) atoms. The summed E-state index contributed by atoms with van der Waals surface area (Å²) in [6.07, 6.45) is -4.38. The van der Waals surface area contributed by atoms with Crippen molar-refractivity contribution in [2.75, 3.05) is 49.6 Å². The third kappa shape index (κ3) is 7.07. The zero-order valence-electron chi connectivity index (χ0n) is 18.7. The van der Waals surface area contributed by atoms with Gasteiger partial charge in [-0.15, -0.1) is 0 Å². The lowest BCUT2D eigenvalue weighted by atomic mass is 10.2. The van der Waals surface area contributed by atoms with Gasteiger partial charge in [-0.3, -0.25) is 9.59 Å². The van der Waals surface area contributed by atoms with Crippen LogP contribution in [0.3, 0.4) is 0 Å². The van der Waals surface area contributed by atoms with Crippen LogP contribution in [0.25, 0.3) is 0 Å². The minimum absolute atomic E-state index is 0.00287. The Balaban J connectivity index is 1.39. The first-order valence-electron chi connectivity index (χ1n) is 10.7. The van der Waals surface area contributed by atoms with Crippen molar-refractivity contribution in [2.24, 2.45) is 0 Å². The Morgan fingerprint density at radius 3 is 2.43 bits per heavy atom. The number of hydrogen-bond donors (Lipinski definition) is 2. The molecule has 2 aromatic rings. The highest BCUT2D eigenvalue weighted by Crippen LogP contribution is 2.31. The van der Waals surface area contributed by atoms with Crippen LogP contribution in [-0.4, -0.2) is 76.4 Å².